The van der Waals surface area contributed by atoms with Gasteiger partial charge in [-0.2, -0.15) is 5.10 Å². The van der Waals surface area contributed by atoms with Crippen molar-refractivity contribution in [3.8, 4) is 0 Å². The van der Waals surface area contributed by atoms with Gasteiger partial charge in [-0.1, -0.05) is 13.0 Å². The molecule has 0 spiro atoms. The van der Waals surface area contributed by atoms with Gasteiger partial charge in [-0.15, -0.1) is 0 Å². The fraction of sp³-hybridized carbons (Fsp3) is 0.438. The van der Waals surface area contributed by atoms with Crippen molar-refractivity contribution in [3.63, 3.8) is 0 Å². The molecule has 1 atom stereocenters. The number of benzene rings is 1. The molecule has 0 aliphatic rings. The smallest absolute Gasteiger partial charge is 0.134 e. The molecule has 2 aromatic rings. The Kier molecular flexibility index (Phi) is 5.07. The van der Waals surface area contributed by atoms with E-state index in [1.807, 2.05) is 13.8 Å². The van der Waals surface area contributed by atoms with Crippen LogP contribution in [0, 0.1) is 18.6 Å². The van der Waals surface area contributed by atoms with Crippen LogP contribution in [0.1, 0.15) is 43.1 Å². The second-order valence-electron chi connectivity index (χ2n) is 5.05. The van der Waals surface area contributed by atoms with Gasteiger partial charge in [0.1, 0.15) is 11.6 Å². The Balaban J connectivity index is 2.53. The van der Waals surface area contributed by atoms with Crippen molar-refractivity contribution in [1.82, 2.24) is 15.1 Å². The van der Waals surface area contributed by atoms with Crippen molar-refractivity contribution in [3.05, 3.63) is 52.9 Å². The molecule has 3 nitrogen and oxygen atoms in total. The van der Waals surface area contributed by atoms with E-state index in [1.54, 1.807) is 23.9 Å². The third kappa shape index (κ3) is 3.13. The quantitative estimate of drug-likeness (QED) is 0.882. The van der Waals surface area contributed by atoms with E-state index in [4.69, 9.17) is 0 Å². The van der Waals surface area contributed by atoms with Crippen molar-refractivity contribution in [2.75, 3.05) is 6.54 Å². The molecule has 0 saturated heterocycles. The van der Waals surface area contributed by atoms with E-state index < -0.39 is 17.7 Å². The number of halogens is 2. The summed E-state index contributed by atoms with van der Waals surface area (Å²) in [5.74, 6) is -1.02. The predicted octanol–water partition coefficient (Wildman–Crippen LogP) is 3.58. The van der Waals surface area contributed by atoms with Crippen molar-refractivity contribution < 1.29 is 8.78 Å². The lowest BCUT2D eigenvalue weighted by molar-refractivity contribution is 0.474. The summed E-state index contributed by atoms with van der Waals surface area (Å²) in [5.41, 5.74) is 1.28. The number of aryl methyl sites for hydroxylation is 2. The van der Waals surface area contributed by atoms with Crippen molar-refractivity contribution >= 4 is 0 Å². The maximum atomic E-state index is 14.5. The summed E-state index contributed by atoms with van der Waals surface area (Å²) in [6.45, 7) is 6.95. The molecule has 1 heterocycles. The van der Waals surface area contributed by atoms with E-state index >= 15 is 0 Å². The van der Waals surface area contributed by atoms with Gasteiger partial charge in [-0.05, 0) is 44.5 Å². The lowest BCUT2D eigenvalue weighted by Crippen LogP contribution is -2.27. The zero-order chi connectivity index (χ0) is 15.4. The molecule has 0 radical (unpaired) electrons. The Bertz CT molecular complexity index is 608. The molecule has 0 saturated carbocycles. The number of hydrogen-bond acceptors (Lipinski definition) is 2. The number of rotatable bonds is 6. The third-order valence-corrected chi connectivity index (χ3v) is 3.55. The standard InChI is InChI=1S/C16H21F2N3/c1-4-9-19-16(13-8-10-20-21(13)5-2)14-12(17)7-6-11(3)15(14)18/h6-8,10,16,19H,4-5,9H2,1-3H3. The van der Waals surface area contributed by atoms with Gasteiger partial charge in [-0.3, -0.25) is 4.68 Å². The van der Waals surface area contributed by atoms with Gasteiger partial charge in [0.25, 0.3) is 0 Å². The SMILES string of the molecule is CCCNC(c1c(F)ccc(C)c1F)c1ccnn1CC. The highest BCUT2D eigenvalue weighted by Crippen LogP contribution is 2.28. The van der Waals surface area contributed by atoms with E-state index in [1.165, 1.54) is 12.1 Å². The van der Waals surface area contributed by atoms with E-state index in [0.29, 0.717) is 18.7 Å². The first-order chi connectivity index (χ1) is 10.1. The monoisotopic (exact) mass is 293 g/mol. The van der Waals surface area contributed by atoms with Crippen LogP contribution in [0.25, 0.3) is 0 Å². The van der Waals surface area contributed by atoms with Crippen LogP contribution in [0.3, 0.4) is 0 Å². The normalized spacial score (nSPS) is 12.6. The van der Waals surface area contributed by atoms with E-state index in [-0.39, 0.29) is 5.56 Å². The fourth-order valence-corrected chi connectivity index (χ4v) is 2.44. The summed E-state index contributed by atoms with van der Waals surface area (Å²) in [6, 6.07) is 4.05. The molecular weight excluding hydrogens is 272 g/mol. The van der Waals surface area contributed by atoms with Gasteiger partial charge in [0, 0.05) is 18.3 Å². The summed E-state index contributed by atoms with van der Waals surface area (Å²) >= 11 is 0. The molecule has 0 bridgehead atoms. The molecule has 1 unspecified atom stereocenters. The summed E-state index contributed by atoms with van der Waals surface area (Å²) in [7, 11) is 0. The molecule has 5 heteroatoms. The molecular formula is C16H21F2N3. The highest BCUT2D eigenvalue weighted by Gasteiger charge is 2.25. The van der Waals surface area contributed by atoms with Crippen molar-refractivity contribution in [2.45, 2.75) is 39.8 Å². The molecule has 1 aromatic heterocycles. The minimum absolute atomic E-state index is 0.0682. The molecule has 0 aliphatic heterocycles. The molecule has 0 fully saturated rings. The van der Waals surface area contributed by atoms with Gasteiger partial charge in [-0.25, -0.2) is 8.78 Å². The molecule has 114 valence electrons. The van der Waals surface area contributed by atoms with Gasteiger partial charge >= 0.3 is 0 Å². The van der Waals surface area contributed by atoms with Crippen LogP contribution in [-0.2, 0) is 6.54 Å². The van der Waals surface area contributed by atoms with Gasteiger partial charge in [0.05, 0.1) is 11.7 Å². The predicted molar refractivity (Wildman–Crippen MR) is 79.1 cm³/mol. The molecule has 21 heavy (non-hydrogen) atoms. The topological polar surface area (TPSA) is 29.9 Å². The summed E-state index contributed by atoms with van der Waals surface area (Å²) in [4.78, 5) is 0. The van der Waals surface area contributed by atoms with Gasteiger partial charge in [0.15, 0.2) is 0 Å². The minimum Gasteiger partial charge on any atom is -0.305 e. The summed E-state index contributed by atoms with van der Waals surface area (Å²) in [6.07, 6.45) is 2.54. The van der Waals surface area contributed by atoms with Crippen LogP contribution < -0.4 is 5.32 Å². The first-order valence-electron chi connectivity index (χ1n) is 7.29. The number of nitrogens with one attached hydrogen (secondary N) is 1. The van der Waals surface area contributed by atoms with Gasteiger partial charge < -0.3 is 5.32 Å². The number of aromatic nitrogens is 2. The maximum Gasteiger partial charge on any atom is 0.134 e. The second kappa shape index (κ2) is 6.80. The van der Waals surface area contributed by atoms with Crippen molar-refractivity contribution in [1.29, 1.82) is 0 Å². The fourth-order valence-electron chi connectivity index (χ4n) is 2.44. The average Bonchev–Trinajstić information content (AvgIpc) is 2.95. The summed E-state index contributed by atoms with van der Waals surface area (Å²) in [5, 5.41) is 7.43. The van der Waals surface area contributed by atoms with E-state index in [0.717, 1.165) is 12.1 Å². The number of nitrogens with zero attached hydrogens (tertiary/aromatic N) is 2. The van der Waals surface area contributed by atoms with E-state index in [9.17, 15) is 8.78 Å². The largest absolute Gasteiger partial charge is 0.305 e. The zero-order valence-corrected chi connectivity index (χ0v) is 12.7. The van der Waals surface area contributed by atoms with Crippen molar-refractivity contribution in [2.24, 2.45) is 0 Å². The molecule has 2 rings (SSSR count). The lowest BCUT2D eigenvalue weighted by Gasteiger charge is -2.22. The minimum atomic E-state index is -0.535. The maximum absolute atomic E-state index is 14.5. The van der Waals surface area contributed by atoms with Crippen LogP contribution in [-0.4, -0.2) is 16.3 Å². The third-order valence-electron chi connectivity index (χ3n) is 3.55. The molecule has 0 amide bonds. The Labute approximate surface area is 124 Å². The lowest BCUT2D eigenvalue weighted by atomic mass is 9.99. The molecule has 1 N–H and O–H groups in total. The molecule has 0 aliphatic carbocycles. The average molecular weight is 293 g/mol. The Morgan fingerprint density at radius 1 is 1.24 bits per heavy atom. The van der Waals surface area contributed by atoms with Crippen LogP contribution in [0.4, 0.5) is 8.78 Å². The Morgan fingerprint density at radius 2 is 2.00 bits per heavy atom. The first kappa shape index (κ1) is 15.6. The summed E-state index contributed by atoms with van der Waals surface area (Å²) < 4.78 is 30.4. The Morgan fingerprint density at radius 3 is 2.67 bits per heavy atom. The first-order valence-corrected chi connectivity index (χ1v) is 7.29. The van der Waals surface area contributed by atoms with Crippen LogP contribution in [0.15, 0.2) is 24.4 Å². The van der Waals surface area contributed by atoms with E-state index in [2.05, 4.69) is 10.4 Å². The Hall–Kier alpha value is -1.75. The zero-order valence-electron chi connectivity index (χ0n) is 12.7. The van der Waals surface area contributed by atoms with Crippen LogP contribution in [0.2, 0.25) is 0 Å². The number of hydrogen-bond donors (Lipinski definition) is 1. The highest BCUT2D eigenvalue weighted by molar-refractivity contribution is 5.34. The molecule has 1 aromatic carbocycles. The second-order valence-corrected chi connectivity index (χ2v) is 5.05. The van der Waals surface area contributed by atoms with Gasteiger partial charge in [0.2, 0.25) is 0 Å². The highest BCUT2D eigenvalue weighted by atomic mass is 19.1. The van der Waals surface area contributed by atoms with Crippen LogP contribution in [0.5, 0.6) is 0 Å². The van der Waals surface area contributed by atoms with Crippen LogP contribution >= 0.6 is 0 Å².